The number of hydrogen-bond acceptors (Lipinski definition) is 3. The first-order valence-corrected chi connectivity index (χ1v) is 13.1. The molecule has 0 N–H and O–H groups in total. The van der Waals surface area contributed by atoms with Crippen LogP contribution in [0.25, 0.3) is 0 Å². The smallest absolute Gasteiger partial charge is 0.285 e. The molecule has 0 aliphatic carbocycles. The largest absolute Gasteiger partial charge is 0.328 e. The van der Waals surface area contributed by atoms with Gasteiger partial charge in [0.25, 0.3) is 5.97 Å². The van der Waals surface area contributed by atoms with E-state index < -0.39 is 5.97 Å². The van der Waals surface area contributed by atoms with E-state index in [1.54, 1.807) is 0 Å². The van der Waals surface area contributed by atoms with Crippen LogP contribution in [0.3, 0.4) is 0 Å². The third kappa shape index (κ3) is 14.5. The third-order valence-corrected chi connectivity index (χ3v) is 5.85. The van der Waals surface area contributed by atoms with Gasteiger partial charge in [0.2, 0.25) is 0 Å². The molecule has 0 aromatic rings. The molecule has 0 heterocycles. The Morgan fingerprint density at radius 2 is 0.759 bits per heavy atom. The Bertz CT molecular complexity index is 302. The van der Waals surface area contributed by atoms with E-state index in [0.29, 0.717) is 25.7 Å². The van der Waals surface area contributed by atoms with E-state index in [1.165, 1.54) is 89.9 Å². The van der Waals surface area contributed by atoms with Crippen molar-refractivity contribution in [3.63, 3.8) is 0 Å². The summed E-state index contributed by atoms with van der Waals surface area (Å²) in [5.74, 6) is -0.517. The summed E-state index contributed by atoms with van der Waals surface area (Å²) in [5, 5.41) is 0. The van der Waals surface area contributed by atoms with E-state index in [-0.39, 0.29) is 0 Å². The van der Waals surface area contributed by atoms with Crippen molar-refractivity contribution < 1.29 is 14.2 Å². The van der Waals surface area contributed by atoms with Crippen molar-refractivity contribution >= 4 is 0 Å². The molecule has 0 rings (SSSR count). The van der Waals surface area contributed by atoms with Gasteiger partial charge < -0.3 is 14.2 Å². The van der Waals surface area contributed by atoms with Crippen molar-refractivity contribution in [3.8, 4) is 0 Å². The minimum atomic E-state index is -0.844. The lowest BCUT2D eigenvalue weighted by molar-refractivity contribution is -0.403. The molecule has 29 heavy (non-hydrogen) atoms. The lowest BCUT2D eigenvalue weighted by Gasteiger charge is -2.39. The van der Waals surface area contributed by atoms with Crippen LogP contribution >= 0.6 is 0 Å². The molecule has 0 aliphatic rings. The molecule has 0 aliphatic heterocycles. The predicted molar refractivity (Wildman–Crippen MR) is 126 cm³/mol. The molecule has 0 fully saturated rings. The quantitative estimate of drug-likeness (QED) is 0.124. The standard InChI is InChI=1S/C26H54O3/c1-6-11-13-15-17-18-20-22-24-25(23-21-19-16-14-12-7-2)26(27-8-3,28-9-4)29-10-5/h25H,6-24H2,1-5H3. The summed E-state index contributed by atoms with van der Waals surface area (Å²) >= 11 is 0. The molecule has 0 amide bonds. The van der Waals surface area contributed by atoms with Crippen LogP contribution in [0.4, 0.5) is 0 Å². The molecular formula is C26H54O3. The zero-order valence-corrected chi connectivity index (χ0v) is 20.7. The van der Waals surface area contributed by atoms with Gasteiger partial charge in [-0.25, -0.2) is 0 Å². The van der Waals surface area contributed by atoms with Crippen molar-refractivity contribution in [2.24, 2.45) is 5.92 Å². The van der Waals surface area contributed by atoms with Crippen LogP contribution in [0.5, 0.6) is 0 Å². The van der Waals surface area contributed by atoms with Gasteiger partial charge in [0.1, 0.15) is 0 Å². The van der Waals surface area contributed by atoms with Crippen LogP contribution in [0.15, 0.2) is 0 Å². The highest BCUT2D eigenvalue weighted by molar-refractivity contribution is 4.73. The second-order valence-electron chi connectivity index (χ2n) is 8.42. The number of ether oxygens (including phenoxy) is 3. The molecule has 0 aromatic heterocycles. The molecule has 1 atom stereocenters. The normalized spacial score (nSPS) is 13.1. The van der Waals surface area contributed by atoms with Crippen molar-refractivity contribution in [1.82, 2.24) is 0 Å². The fourth-order valence-corrected chi connectivity index (χ4v) is 4.28. The number of rotatable bonds is 23. The highest BCUT2D eigenvalue weighted by Crippen LogP contribution is 2.34. The summed E-state index contributed by atoms with van der Waals surface area (Å²) in [7, 11) is 0. The van der Waals surface area contributed by atoms with Gasteiger partial charge in [-0.05, 0) is 33.6 Å². The molecule has 0 saturated carbocycles. The second-order valence-corrected chi connectivity index (χ2v) is 8.42. The Morgan fingerprint density at radius 1 is 0.448 bits per heavy atom. The Balaban J connectivity index is 4.62. The first-order valence-electron chi connectivity index (χ1n) is 13.1. The molecule has 3 nitrogen and oxygen atoms in total. The molecule has 0 radical (unpaired) electrons. The topological polar surface area (TPSA) is 27.7 Å². The second kappa shape index (κ2) is 21.1. The average molecular weight is 415 g/mol. The van der Waals surface area contributed by atoms with E-state index in [0.717, 1.165) is 12.8 Å². The molecule has 176 valence electrons. The fraction of sp³-hybridized carbons (Fsp3) is 1.00. The van der Waals surface area contributed by atoms with Gasteiger partial charge >= 0.3 is 0 Å². The minimum Gasteiger partial charge on any atom is -0.328 e. The average Bonchev–Trinajstić information content (AvgIpc) is 2.71. The highest BCUT2D eigenvalue weighted by Gasteiger charge is 2.41. The van der Waals surface area contributed by atoms with E-state index in [1.807, 2.05) is 20.8 Å². The zero-order chi connectivity index (χ0) is 21.6. The van der Waals surface area contributed by atoms with Crippen LogP contribution in [0.2, 0.25) is 0 Å². The summed E-state index contributed by atoms with van der Waals surface area (Å²) in [6.45, 7) is 12.6. The number of hydrogen-bond donors (Lipinski definition) is 0. The van der Waals surface area contributed by atoms with Gasteiger partial charge in [-0.15, -0.1) is 0 Å². The lowest BCUT2D eigenvalue weighted by atomic mass is 9.91. The fourth-order valence-electron chi connectivity index (χ4n) is 4.28. The predicted octanol–water partition coefficient (Wildman–Crippen LogP) is 8.65. The van der Waals surface area contributed by atoms with Crippen molar-refractivity contribution in [2.45, 2.75) is 143 Å². The summed E-state index contributed by atoms with van der Waals surface area (Å²) in [4.78, 5) is 0. The monoisotopic (exact) mass is 414 g/mol. The maximum atomic E-state index is 6.15. The number of unbranched alkanes of at least 4 members (excludes halogenated alkanes) is 12. The summed E-state index contributed by atoms with van der Waals surface area (Å²) in [5.41, 5.74) is 0. The van der Waals surface area contributed by atoms with Crippen molar-refractivity contribution in [1.29, 1.82) is 0 Å². The van der Waals surface area contributed by atoms with E-state index in [4.69, 9.17) is 14.2 Å². The molecule has 0 bridgehead atoms. The van der Waals surface area contributed by atoms with Gasteiger partial charge in [-0.2, -0.15) is 0 Å². The molecule has 0 aromatic carbocycles. The van der Waals surface area contributed by atoms with Crippen LogP contribution in [0.1, 0.15) is 137 Å². The van der Waals surface area contributed by atoms with Gasteiger partial charge in [0, 0.05) is 25.7 Å². The van der Waals surface area contributed by atoms with Crippen LogP contribution < -0.4 is 0 Å². The SMILES string of the molecule is CCCCCCCCCCC(CCCCCCCC)C(OCC)(OCC)OCC. The van der Waals surface area contributed by atoms with E-state index in [2.05, 4.69) is 13.8 Å². The van der Waals surface area contributed by atoms with Crippen molar-refractivity contribution in [2.75, 3.05) is 19.8 Å². The Labute approximate surface area is 183 Å². The van der Waals surface area contributed by atoms with E-state index in [9.17, 15) is 0 Å². The molecular weight excluding hydrogens is 360 g/mol. The minimum absolute atomic E-state index is 0.327. The van der Waals surface area contributed by atoms with Crippen molar-refractivity contribution in [3.05, 3.63) is 0 Å². The zero-order valence-electron chi connectivity index (χ0n) is 20.7. The highest BCUT2D eigenvalue weighted by atomic mass is 16.9. The van der Waals surface area contributed by atoms with Gasteiger partial charge in [-0.3, -0.25) is 0 Å². The first kappa shape index (κ1) is 28.9. The Hall–Kier alpha value is -0.120. The first-order chi connectivity index (χ1) is 14.2. The van der Waals surface area contributed by atoms with Gasteiger partial charge in [-0.1, -0.05) is 104 Å². The third-order valence-electron chi connectivity index (χ3n) is 5.85. The van der Waals surface area contributed by atoms with Gasteiger partial charge in [0.15, 0.2) is 0 Å². The molecule has 0 spiro atoms. The van der Waals surface area contributed by atoms with Gasteiger partial charge in [0.05, 0.1) is 0 Å². The van der Waals surface area contributed by atoms with E-state index >= 15 is 0 Å². The Morgan fingerprint density at radius 3 is 1.07 bits per heavy atom. The van der Waals surface area contributed by atoms with Crippen LogP contribution in [0, 0.1) is 5.92 Å². The molecule has 0 saturated heterocycles. The molecule has 1 unspecified atom stereocenters. The maximum Gasteiger partial charge on any atom is 0.285 e. The molecule has 3 heteroatoms. The Kier molecular flexibility index (Phi) is 21.0. The summed E-state index contributed by atoms with van der Waals surface area (Å²) in [6, 6.07) is 0. The summed E-state index contributed by atoms with van der Waals surface area (Å²) in [6.07, 6.45) is 21.1. The van der Waals surface area contributed by atoms with Crippen LogP contribution in [-0.2, 0) is 14.2 Å². The lowest BCUT2D eigenvalue weighted by Crippen LogP contribution is -2.46. The maximum absolute atomic E-state index is 6.15. The van der Waals surface area contributed by atoms with Crippen LogP contribution in [-0.4, -0.2) is 25.8 Å². The summed E-state index contributed by atoms with van der Waals surface area (Å²) < 4.78 is 18.4.